The van der Waals surface area contributed by atoms with Gasteiger partial charge in [-0.1, -0.05) is 30.3 Å². The summed E-state index contributed by atoms with van der Waals surface area (Å²) >= 11 is 0. The minimum absolute atomic E-state index is 0.0101. The number of amides is 3. The average molecular weight is 524 g/mol. The largest absolute Gasteiger partial charge is 0.471 e. The Balaban J connectivity index is 1.83. The first-order chi connectivity index (χ1) is 17.9. The van der Waals surface area contributed by atoms with Gasteiger partial charge in [0, 0.05) is 43.0 Å². The normalized spacial score (nSPS) is 14.1. The monoisotopic (exact) mass is 524 g/mol. The van der Waals surface area contributed by atoms with Gasteiger partial charge in [-0.05, 0) is 35.9 Å². The van der Waals surface area contributed by atoms with Gasteiger partial charge < -0.3 is 10.2 Å². The number of carbonyl (C=O) groups excluding carboxylic acids is 3. The highest BCUT2D eigenvalue weighted by Crippen LogP contribution is 2.43. The van der Waals surface area contributed by atoms with Crippen molar-refractivity contribution in [2.75, 3.05) is 22.2 Å². The Kier molecular flexibility index (Phi) is 6.73. The van der Waals surface area contributed by atoms with Crippen molar-refractivity contribution in [1.82, 2.24) is 0 Å². The van der Waals surface area contributed by atoms with Gasteiger partial charge in [0.05, 0.1) is 21.9 Å². The van der Waals surface area contributed by atoms with Crippen molar-refractivity contribution >= 4 is 51.7 Å². The quantitative estimate of drug-likeness (QED) is 0.286. The Morgan fingerprint density at radius 1 is 1.00 bits per heavy atom. The van der Waals surface area contributed by atoms with Gasteiger partial charge in [0.2, 0.25) is 5.91 Å². The Bertz CT molecular complexity index is 1480. The predicted octanol–water partition coefficient (Wildman–Crippen LogP) is 4.99. The molecule has 0 atom stereocenters. The first kappa shape index (κ1) is 26.1. The first-order valence-electron chi connectivity index (χ1n) is 11.1. The van der Waals surface area contributed by atoms with Gasteiger partial charge in [-0.3, -0.25) is 24.5 Å². The summed E-state index contributed by atoms with van der Waals surface area (Å²) in [4.78, 5) is 49.4. The maximum atomic E-state index is 13.5. The Hall–Kier alpha value is -5.00. The lowest BCUT2D eigenvalue weighted by Gasteiger charge is -2.20. The predicted molar refractivity (Wildman–Crippen MR) is 134 cm³/mol. The maximum Gasteiger partial charge on any atom is 0.471 e. The molecule has 194 valence electrons. The standard InChI is InChI=1S/C26H19F3N4O5/c1-15(34)32-21-14-19(33(37)38)12-13-20(21)22(24(32)35)23(16-6-4-3-5-7-16)30-17-8-10-18(11-9-17)31(2)25(36)26(27,28)29/h3-14,30H,1-2H3/b23-22-. The van der Waals surface area contributed by atoms with Crippen LogP contribution in [0.3, 0.4) is 0 Å². The van der Waals surface area contributed by atoms with E-state index in [1.807, 2.05) is 0 Å². The number of nitro groups is 1. The number of imide groups is 1. The number of rotatable bonds is 5. The highest BCUT2D eigenvalue weighted by molar-refractivity contribution is 6.43. The fourth-order valence-electron chi connectivity index (χ4n) is 4.02. The molecule has 0 fully saturated rings. The number of nitrogens with one attached hydrogen (secondary N) is 1. The van der Waals surface area contributed by atoms with E-state index in [4.69, 9.17) is 0 Å². The third kappa shape index (κ3) is 4.83. The molecule has 0 unspecified atom stereocenters. The minimum atomic E-state index is -5.04. The molecule has 0 spiro atoms. The molecule has 1 N–H and O–H groups in total. The van der Waals surface area contributed by atoms with Gasteiger partial charge in [0.15, 0.2) is 0 Å². The summed E-state index contributed by atoms with van der Waals surface area (Å²) < 4.78 is 38.4. The van der Waals surface area contributed by atoms with E-state index in [-0.39, 0.29) is 33.9 Å². The first-order valence-corrected chi connectivity index (χ1v) is 11.1. The molecule has 3 aromatic rings. The number of anilines is 3. The van der Waals surface area contributed by atoms with Gasteiger partial charge in [-0.25, -0.2) is 4.90 Å². The van der Waals surface area contributed by atoms with Crippen LogP contribution in [0.4, 0.5) is 35.9 Å². The van der Waals surface area contributed by atoms with E-state index in [2.05, 4.69) is 5.32 Å². The summed E-state index contributed by atoms with van der Waals surface area (Å²) in [5.41, 5.74) is 1.28. The van der Waals surface area contributed by atoms with Crippen molar-refractivity contribution in [3.05, 3.63) is 94.0 Å². The SMILES string of the molecule is CC(=O)N1C(=O)/C(=C(\Nc2ccc(N(C)C(=O)C(F)(F)F)cc2)c2ccccc2)c2ccc([N+](=O)[O-])cc21. The Labute approximate surface area is 213 Å². The molecular weight excluding hydrogens is 505 g/mol. The number of nitrogens with zero attached hydrogens (tertiary/aromatic N) is 3. The summed E-state index contributed by atoms with van der Waals surface area (Å²) in [6.07, 6.45) is -5.04. The third-order valence-corrected chi connectivity index (χ3v) is 5.82. The molecule has 1 aliphatic heterocycles. The lowest BCUT2D eigenvalue weighted by molar-refractivity contribution is -0.384. The number of hydrogen-bond acceptors (Lipinski definition) is 6. The molecule has 38 heavy (non-hydrogen) atoms. The number of non-ortho nitro benzene ring substituents is 1. The van der Waals surface area contributed by atoms with Gasteiger partial charge >= 0.3 is 12.1 Å². The lowest BCUT2D eigenvalue weighted by Crippen LogP contribution is -2.38. The fourth-order valence-corrected chi connectivity index (χ4v) is 4.02. The summed E-state index contributed by atoms with van der Waals surface area (Å²) in [5.74, 6) is -3.37. The highest BCUT2D eigenvalue weighted by Gasteiger charge is 2.42. The highest BCUT2D eigenvalue weighted by atomic mass is 19.4. The Morgan fingerprint density at radius 2 is 1.63 bits per heavy atom. The topological polar surface area (TPSA) is 113 Å². The van der Waals surface area contributed by atoms with E-state index < -0.39 is 28.8 Å². The van der Waals surface area contributed by atoms with Crippen LogP contribution in [0.1, 0.15) is 18.1 Å². The van der Waals surface area contributed by atoms with Gasteiger partial charge in [0.1, 0.15) is 0 Å². The fraction of sp³-hybridized carbons (Fsp3) is 0.115. The molecule has 0 radical (unpaired) electrons. The second-order valence-corrected chi connectivity index (χ2v) is 8.27. The Morgan fingerprint density at radius 3 is 2.18 bits per heavy atom. The lowest BCUT2D eigenvalue weighted by atomic mass is 9.99. The van der Waals surface area contributed by atoms with Crippen LogP contribution < -0.4 is 15.1 Å². The number of alkyl halides is 3. The number of carbonyl (C=O) groups is 3. The van der Waals surface area contributed by atoms with Crippen molar-refractivity contribution in [2.45, 2.75) is 13.1 Å². The number of fused-ring (bicyclic) bond motifs is 1. The van der Waals surface area contributed by atoms with E-state index in [0.717, 1.165) is 24.9 Å². The number of hydrogen-bond donors (Lipinski definition) is 1. The molecule has 0 aromatic heterocycles. The van der Waals surface area contributed by atoms with Gasteiger partial charge in [-0.2, -0.15) is 13.2 Å². The van der Waals surface area contributed by atoms with Gasteiger partial charge in [0.25, 0.3) is 11.6 Å². The minimum Gasteiger partial charge on any atom is -0.354 e. The van der Waals surface area contributed by atoms with Crippen LogP contribution in [0.2, 0.25) is 0 Å². The van der Waals surface area contributed by atoms with E-state index in [1.165, 1.54) is 36.4 Å². The molecule has 3 amide bonds. The average Bonchev–Trinajstić information content (AvgIpc) is 3.17. The zero-order chi connectivity index (χ0) is 27.8. The van der Waals surface area contributed by atoms with E-state index in [1.54, 1.807) is 30.3 Å². The van der Waals surface area contributed by atoms with Crippen molar-refractivity contribution in [2.24, 2.45) is 0 Å². The third-order valence-electron chi connectivity index (χ3n) is 5.82. The van der Waals surface area contributed by atoms with E-state index in [0.29, 0.717) is 16.2 Å². The van der Waals surface area contributed by atoms with Gasteiger partial charge in [-0.15, -0.1) is 0 Å². The summed E-state index contributed by atoms with van der Waals surface area (Å²) in [5, 5.41) is 14.4. The molecule has 4 rings (SSSR count). The van der Waals surface area contributed by atoms with Crippen molar-refractivity contribution in [1.29, 1.82) is 0 Å². The van der Waals surface area contributed by atoms with Crippen molar-refractivity contribution in [3.63, 3.8) is 0 Å². The molecule has 0 saturated heterocycles. The second kappa shape index (κ2) is 9.81. The molecule has 12 heteroatoms. The van der Waals surface area contributed by atoms with Crippen molar-refractivity contribution in [3.8, 4) is 0 Å². The van der Waals surface area contributed by atoms with E-state index in [9.17, 15) is 37.7 Å². The molecular formula is C26H19F3N4O5. The second-order valence-electron chi connectivity index (χ2n) is 8.27. The molecule has 3 aromatic carbocycles. The van der Waals surface area contributed by atoms with Crippen LogP contribution in [0.5, 0.6) is 0 Å². The smallest absolute Gasteiger partial charge is 0.354 e. The van der Waals surface area contributed by atoms with Crippen LogP contribution in [-0.2, 0) is 14.4 Å². The summed E-state index contributed by atoms with van der Waals surface area (Å²) in [7, 11) is 0.999. The molecule has 1 heterocycles. The van der Waals surface area contributed by atoms with Crippen LogP contribution in [-0.4, -0.2) is 35.9 Å². The van der Waals surface area contributed by atoms with Crippen LogP contribution in [0.25, 0.3) is 11.3 Å². The zero-order valence-corrected chi connectivity index (χ0v) is 19.9. The van der Waals surface area contributed by atoms with Crippen LogP contribution in [0, 0.1) is 10.1 Å². The number of benzene rings is 3. The maximum absolute atomic E-state index is 13.5. The molecule has 0 saturated carbocycles. The molecule has 9 nitrogen and oxygen atoms in total. The summed E-state index contributed by atoms with van der Waals surface area (Å²) in [6, 6.07) is 17.8. The van der Waals surface area contributed by atoms with E-state index >= 15 is 0 Å². The molecule has 1 aliphatic rings. The van der Waals surface area contributed by atoms with Crippen LogP contribution >= 0.6 is 0 Å². The number of nitro benzene ring substituents is 1. The summed E-state index contributed by atoms with van der Waals surface area (Å²) in [6.45, 7) is 1.16. The molecule has 0 aliphatic carbocycles. The zero-order valence-electron chi connectivity index (χ0n) is 19.9. The number of halogens is 3. The van der Waals surface area contributed by atoms with Crippen molar-refractivity contribution < 1.29 is 32.5 Å². The molecule has 0 bridgehead atoms. The van der Waals surface area contributed by atoms with Crippen LogP contribution in [0.15, 0.2) is 72.8 Å².